The van der Waals surface area contributed by atoms with Crippen molar-refractivity contribution in [1.29, 1.82) is 0 Å². The van der Waals surface area contributed by atoms with Crippen LogP contribution in [-0.2, 0) is 10.8 Å². The summed E-state index contributed by atoms with van der Waals surface area (Å²) in [6.07, 6.45) is 1.09. The summed E-state index contributed by atoms with van der Waals surface area (Å²) in [4.78, 5) is 0. The van der Waals surface area contributed by atoms with Crippen molar-refractivity contribution >= 4 is 14.9 Å². The van der Waals surface area contributed by atoms with Crippen LogP contribution in [0.15, 0.2) is 24.3 Å². The maximum Gasteiger partial charge on any atom is 0.268 e. The molecule has 2 heteroatoms. The first kappa shape index (κ1) is 8.49. The van der Waals surface area contributed by atoms with E-state index in [1.165, 1.54) is 10.8 Å². The quantitative estimate of drug-likeness (QED) is 0.609. The van der Waals surface area contributed by atoms with Crippen LogP contribution in [0, 0.1) is 0 Å². The summed E-state index contributed by atoms with van der Waals surface area (Å²) in [6, 6.07) is 8.41. The van der Waals surface area contributed by atoms with Crippen LogP contribution >= 0.6 is 0 Å². The molecular weight excluding hydrogens is 152 g/mol. The Morgan fingerprint density at radius 3 is 2.73 bits per heavy atom. The molecule has 58 valence electrons. The van der Waals surface area contributed by atoms with Crippen molar-refractivity contribution in [2.24, 2.45) is 0 Å². The van der Waals surface area contributed by atoms with Crippen LogP contribution in [0.4, 0.5) is 0 Å². The van der Waals surface area contributed by atoms with Gasteiger partial charge in [0.15, 0.2) is 0 Å². The number of hydrogen-bond acceptors (Lipinski definition) is 1. The number of benzene rings is 1. The molecule has 0 aliphatic heterocycles. The van der Waals surface area contributed by atoms with Crippen LogP contribution < -0.4 is 5.19 Å². The molecule has 0 amide bonds. The molecule has 0 saturated carbocycles. The molecule has 11 heavy (non-hydrogen) atoms. The lowest BCUT2D eigenvalue weighted by Gasteiger charge is -2.03. The molecule has 0 bridgehead atoms. The van der Waals surface area contributed by atoms with Gasteiger partial charge >= 0.3 is 0 Å². The Kier molecular flexibility index (Phi) is 3.33. The van der Waals surface area contributed by atoms with Crippen LogP contribution in [0.25, 0.3) is 0 Å². The summed E-state index contributed by atoms with van der Waals surface area (Å²) in [5, 5.41) is 1.33. The topological polar surface area (TPSA) is 9.23 Å². The van der Waals surface area contributed by atoms with Crippen molar-refractivity contribution in [3.63, 3.8) is 0 Å². The highest BCUT2D eigenvalue weighted by Gasteiger charge is 1.99. The monoisotopic (exact) mass is 164 g/mol. The van der Waals surface area contributed by atoms with Gasteiger partial charge in [-0.05, 0) is 17.2 Å². The zero-order valence-electron chi connectivity index (χ0n) is 6.92. The molecule has 0 aliphatic carbocycles. The van der Waals surface area contributed by atoms with Crippen molar-refractivity contribution < 1.29 is 4.43 Å². The largest absolute Gasteiger partial charge is 0.415 e. The predicted molar refractivity (Wildman–Crippen MR) is 48.2 cm³/mol. The summed E-state index contributed by atoms with van der Waals surface area (Å²) in [5.74, 6) is 0. The third kappa shape index (κ3) is 2.17. The summed E-state index contributed by atoms with van der Waals surface area (Å²) in [7, 11) is 2.23. The molecule has 0 N–H and O–H groups in total. The first-order valence-corrected chi connectivity index (χ1v) is 4.66. The minimum absolute atomic E-state index is 0.493. The predicted octanol–water partition coefficient (Wildman–Crippen LogP) is 1.14. The van der Waals surface area contributed by atoms with Gasteiger partial charge in [-0.3, -0.25) is 0 Å². The van der Waals surface area contributed by atoms with E-state index in [-0.39, 0.29) is 0 Å². The minimum atomic E-state index is 0.493. The molecule has 0 atom stereocenters. The van der Waals surface area contributed by atoms with Gasteiger partial charge in [0.05, 0.1) is 0 Å². The molecule has 1 rings (SSSR count). The van der Waals surface area contributed by atoms with E-state index in [0.29, 0.717) is 9.76 Å². The van der Waals surface area contributed by atoms with E-state index in [4.69, 9.17) is 4.43 Å². The van der Waals surface area contributed by atoms with Gasteiger partial charge in [0.2, 0.25) is 0 Å². The number of hydrogen-bond donors (Lipinski definition) is 0. The number of aryl methyl sites for hydroxylation is 1. The standard InChI is InChI=1S/C9H12OSi/c1-3-8-6-4-5-7-9(8)11-10-2/h4-7H,3H2,1-2H3. The molecular formula is C9H12OSi. The third-order valence-corrected chi connectivity index (χ3v) is 2.52. The van der Waals surface area contributed by atoms with Crippen molar-refractivity contribution in [2.75, 3.05) is 7.11 Å². The molecule has 1 aromatic rings. The molecule has 0 aliphatic rings. The second-order valence-electron chi connectivity index (χ2n) is 2.32. The van der Waals surface area contributed by atoms with Gasteiger partial charge in [0.1, 0.15) is 0 Å². The lowest BCUT2D eigenvalue weighted by atomic mass is 10.2. The normalized spacial score (nSPS) is 10.0. The Bertz CT molecular complexity index is 223. The van der Waals surface area contributed by atoms with Crippen LogP contribution in [-0.4, -0.2) is 16.9 Å². The van der Waals surface area contributed by atoms with Crippen LogP contribution in [0.2, 0.25) is 0 Å². The van der Waals surface area contributed by atoms with E-state index in [2.05, 4.69) is 31.2 Å². The molecule has 0 unspecified atom stereocenters. The Balaban J connectivity index is 2.83. The van der Waals surface area contributed by atoms with Gasteiger partial charge in [0.25, 0.3) is 9.76 Å². The highest BCUT2D eigenvalue weighted by atomic mass is 28.2. The second kappa shape index (κ2) is 4.31. The first-order valence-electron chi connectivity index (χ1n) is 3.75. The fourth-order valence-electron chi connectivity index (χ4n) is 1.04. The summed E-state index contributed by atoms with van der Waals surface area (Å²) in [5.41, 5.74) is 1.40. The zero-order chi connectivity index (χ0) is 8.10. The second-order valence-corrected chi connectivity index (χ2v) is 3.47. The van der Waals surface area contributed by atoms with Crippen molar-refractivity contribution in [2.45, 2.75) is 13.3 Å². The highest BCUT2D eigenvalue weighted by Crippen LogP contribution is 1.95. The Labute approximate surface area is 70.3 Å². The maximum absolute atomic E-state index is 5.10. The van der Waals surface area contributed by atoms with Gasteiger partial charge in [-0.2, -0.15) is 0 Å². The van der Waals surface area contributed by atoms with Gasteiger partial charge in [-0.1, -0.05) is 31.2 Å². The summed E-state index contributed by atoms with van der Waals surface area (Å²) in [6.45, 7) is 2.17. The van der Waals surface area contributed by atoms with E-state index in [1.54, 1.807) is 7.11 Å². The molecule has 0 aromatic heterocycles. The van der Waals surface area contributed by atoms with Gasteiger partial charge < -0.3 is 4.43 Å². The number of rotatable bonds is 3. The fourth-order valence-corrected chi connectivity index (χ4v) is 1.81. The van der Waals surface area contributed by atoms with E-state index < -0.39 is 0 Å². The first-order chi connectivity index (χ1) is 5.38. The third-order valence-electron chi connectivity index (χ3n) is 1.61. The molecule has 0 fully saturated rings. The van der Waals surface area contributed by atoms with E-state index >= 15 is 0 Å². The van der Waals surface area contributed by atoms with Gasteiger partial charge in [-0.15, -0.1) is 0 Å². The van der Waals surface area contributed by atoms with E-state index in [9.17, 15) is 0 Å². The Morgan fingerprint density at radius 1 is 1.36 bits per heavy atom. The van der Waals surface area contributed by atoms with Crippen LogP contribution in [0.5, 0.6) is 0 Å². The average molecular weight is 164 g/mol. The SMILES string of the molecule is CCc1ccccc1[Si]OC. The van der Waals surface area contributed by atoms with Crippen molar-refractivity contribution in [3.8, 4) is 0 Å². The van der Waals surface area contributed by atoms with Crippen molar-refractivity contribution in [1.82, 2.24) is 0 Å². The molecule has 0 spiro atoms. The molecule has 0 heterocycles. The minimum Gasteiger partial charge on any atom is -0.415 e. The highest BCUT2D eigenvalue weighted by molar-refractivity contribution is 6.47. The van der Waals surface area contributed by atoms with Gasteiger partial charge in [0, 0.05) is 7.11 Å². The smallest absolute Gasteiger partial charge is 0.268 e. The molecule has 1 nitrogen and oxygen atoms in total. The van der Waals surface area contributed by atoms with Crippen LogP contribution in [0.3, 0.4) is 0 Å². The molecule has 1 aromatic carbocycles. The maximum atomic E-state index is 5.10. The van der Waals surface area contributed by atoms with Crippen molar-refractivity contribution in [3.05, 3.63) is 29.8 Å². The van der Waals surface area contributed by atoms with E-state index in [0.717, 1.165) is 6.42 Å². The molecule has 2 radical (unpaired) electrons. The Hall–Kier alpha value is -0.603. The van der Waals surface area contributed by atoms with Gasteiger partial charge in [-0.25, -0.2) is 0 Å². The van der Waals surface area contributed by atoms with Crippen LogP contribution in [0.1, 0.15) is 12.5 Å². The average Bonchev–Trinajstić information content (AvgIpc) is 2.06. The zero-order valence-corrected chi connectivity index (χ0v) is 7.92. The Morgan fingerprint density at radius 2 is 2.09 bits per heavy atom. The lowest BCUT2D eigenvalue weighted by molar-refractivity contribution is 0.450. The summed E-state index contributed by atoms with van der Waals surface area (Å²) >= 11 is 0. The summed E-state index contributed by atoms with van der Waals surface area (Å²) < 4.78 is 5.10. The fraction of sp³-hybridized carbons (Fsp3) is 0.333. The molecule has 0 saturated heterocycles. The van der Waals surface area contributed by atoms with E-state index in [1.807, 2.05) is 0 Å². The lowest BCUT2D eigenvalue weighted by Crippen LogP contribution is -2.20.